The summed E-state index contributed by atoms with van der Waals surface area (Å²) in [6, 6.07) is 38.2. The van der Waals surface area contributed by atoms with Crippen LogP contribution in [0.3, 0.4) is 0 Å². The van der Waals surface area contributed by atoms with Crippen LogP contribution in [0.5, 0.6) is 0 Å². The van der Waals surface area contributed by atoms with Gasteiger partial charge in [0.1, 0.15) is 5.54 Å². The average Bonchev–Trinajstić information content (AvgIpc) is 3.56. The maximum absolute atomic E-state index is 13.3. The third-order valence-corrected chi connectivity index (χ3v) is 11.5. The van der Waals surface area contributed by atoms with Gasteiger partial charge in [0.25, 0.3) is 5.91 Å². The molecule has 4 unspecified atom stereocenters. The molecule has 4 atom stereocenters. The van der Waals surface area contributed by atoms with E-state index >= 15 is 0 Å². The van der Waals surface area contributed by atoms with E-state index in [0.29, 0.717) is 18.8 Å². The number of carbonyl (C=O) groups is 2. The van der Waals surface area contributed by atoms with Crippen LogP contribution in [0.25, 0.3) is 11.1 Å². The molecule has 10 heteroatoms. The minimum absolute atomic E-state index is 0.0127. The number of aliphatic hydroxyl groups is 1. The predicted octanol–water partition coefficient (Wildman–Crippen LogP) is 6.39. The largest absolute Gasteiger partial charge is 0.392 e. The van der Waals surface area contributed by atoms with Gasteiger partial charge < -0.3 is 35.0 Å². The number of piperidine rings is 1. The van der Waals surface area contributed by atoms with E-state index in [-0.39, 0.29) is 36.5 Å². The topological polar surface area (TPSA) is 116 Å². The molecule has 1 aromatic heterocycles. The van der Waals surface area contributed by atoms with Crippen LogP contribution in [0.1, 0.15) is 64.8 Å². The number of nitrogens with zero attached hydrogens (tertiary/aromatic N) is 3. The number of para-hydroxylation sites is 1. The molecule has 4 heterocycles. The third kappa shape index (κ3) is 7.77. The van der Waals surface area contributed by atoms with E-state index in [9.17, 15) is 14.7 Å². The summed E-state index contributed by atoms with van der Waals surface area (Å²) >= 11 is 0. The van der Waals surface area contributed by atoms with Gasteiger partial charge in [0, 0.05) is 55.7 Å². The zero-order valence-corrected chi connectivity index (χ0v) is 31.0. The van der Waals surface area contributed by atoms with Crippen molar-refractivity contribution in [3.8, 4) is 11.1 Å². The molecule has 8 rings (SSSR count). The van der Waals surface area contributed by atoms with Crippen LogP contribution >= 0.6 is 0 Å². The number of likely N-dealkylation sites (tertiary alicyclic amines) is 1. The Morgan fingerprint density at radius 2 is 1.64 bits per heavy atom. The van der Waals surface area contributed by atoms with Crippen molar-refractivity contribution in [1.29, 1.82) is 0 Å². The molecule has 1 spiro atoms. The molecule has 0 bridgehead atoms. The molecule has 10 nitrogen and oxygen atoms in total. The Morgan fingerprint density at radius 3 is 2.36 bits per heavy atom. The molecule has 0 saturated carbocycles. The second-order valence-corrected chi connectivity index (χ2v) is 14.8. The van der Waals surface area contributed by atoms with Gasteiger partial charge in [-0.25, -0.2) is 0 Å². The van der Waals surface area contributed by atoms with Crippen molar-refractivity contribution < 1.29 is 24.2 Å². The molecular formula is C45H47N5O5. The van der Waals surface area contributed by atoms with Gasteiger partial charge in [0.15, 0.2) is 6.29 Å². The van der Waals surface area contributed by atoms with Gasteiger partial charge in [0.2, 0.25) is 5.91 Å². The van der Waals surface area contributed by atoms with Crippen LogP contribution < -0.4 is 15.5 Å². The second kappa shape index (κ2) is 16.1. The fourth-order valence-corrected chi connectivity index (χ4v) is 8.20. The highest BCUT2D eigenvalue weighted by atomic mass is 16.7. The highest BCUT2D eigenvalue weighted by Crippen LogP contribution is 2.43. The number of aliphatic hydroxyl groups excluding tert-OH is 1. The summed E-state index contributed by atoms with van der Waals surface area (Å²) in [5, 5.41) is 15.8. The van der Waals surface area contributed by atoms with Gasteiger partial charge in [-0.1, -0.05) is 91.9 Å². The number of hydrogen-bond donors (Lipinski definition) is 3. The number of hydrogen-bond acceptors (Lipinski definition) is 8. The molecule has 3 aliphatic heterocycles. The summed E-state index contributed by atoms with van der Waals surface area (Å²) in [7, 11) is 0. The van der Waals surface area contributed by atoms with Crippen molar-refractivity contribution in [2.45, 2.75) is 57.0 Å². The fraction of sp³-hybridized carbons (Fsp3) is 0.311. The van der Waals surface area contributed by atoms with Crippen molar-refractivity contribution >= 4 is 17.5 Å². The highest BCUT2D eigenvalue weighted by molar-refractivity contribution is 5.94. The zero-order chi connectivity index (χ0) is 37.8. The third-order valence-electron chi connectivity index (χ3n) is 11.5. The van der Waals surface area contributed by atoms with E-state index < -0.39 is 11.8 Å². The molecular weight excluding hydrogens is 691 g/mol. The summed E-state index contributed by atoms with van der Waals surface area (Å²) in [6.07, 6.45) is 3.74. The first-order chi connectivity index (χ1) is 26.9. The number of anilines is 1. The second-order valence-electron chi connectivity index (χ2n) is 14.8. The van der Waals surface area contributed by atoms with E-state index in [1.165, 1.54) is 0 Å². The van der Waals surface area contributed by atoms with Crippen LogP contribution in [0.4, 0.5) is 5.69 Å². The Labute approximate surface area is 322 Å². The van der Waals surface area contributed by atoms with E-state index in [1.807, 2.05) is 54.6 Å². The summed E-state index contributed by atoms with van der Waals surface area (Å²) < 4.78 is 13.6. The monoisotopic (exact) mass is 737 g/mol. The molecule has 5 aromatic rings. The molecule has 0 radical (unpaired) electrons. The van der Waals surface area contributed by atoms with Gasteiger partial charge in [-0.15, -0.1) is 0 Å². The lowest BCUT2D eigenvalue weighted by Crippen LogP contribution is -2.57. The van der Waals surface area contributed by atoms with E-state index in [2.05, 4.69) is 80.9 Å². The number of pyridine rings is 1. The standard InChI is InChI=1S/C45H47N5O5/c1-31-40(28-49-23-20-45(21-24-49)44(53)48-30-50(45)39-10-3-2-4-11-39)54-43(55-41(31)35-14-12-32(29-51)13-15-35)36-18-16-34(17-19-36)37-8-5-7-33(25-37)26-47-42(52)38-9-6-22-46-27-38/h2-19,22,25,27,31,40-41,43,51H,20-21,23-24,26,28-30H2,1H3,(H,47,52)(H,48,53). The maximum atomic E-state index is 13.3. The minimum Gasteiger partial charge on any atom is -0.392 e. The van der Waals surface area contributed by atoms with Gasteiger partial charge >= 0.3 is 0 Å². The Kier molecular flexibility index (Phi) is 10.7. The lowest BCUT2D eigenvalue weighted by atomic mass is 9.84. The summed E-state index contributed by atoms with van der Waals surface area (Å²) in [4.78, 5) is 34.6. The fourth-order valence-electron chi connectivity index (χ4n) is 8.20. The number of carbonyl (C=O) groups excluding carboxylic acids is 2. The van der Waals surface area contributed by atoms with Crippen LogP contribution in [-0.4, -0.2) is 64.8 Å². The van der Waals surface area contributed by atoms with Crippen molar-refractivity contribution in [1.82, 2.24) is 20.5 Å². The Bertz CT molecular complexity index is 2070. The highest BCUT2D eigenvalue weighted by Gasteiger charge is 2.51. The lowest BCUT2D eigenvalue weighted by Gasteiger charge is -2.46. The first-order valence-electron chi connectivity index (χ1n) is 19.1. The number of ether oxygens (including phenoxy) is 2. The molecule has 55 heavy (non-hydrogen) atoms. The zero-order valence-electron chi connectivity index (χ0n) is 31.0. The lowest BCUT2D eigenvalue weighted by molar-refractivity contribution is -0.276. The van der Waals surface area contributed by atoms with E-state index in [0.717, 1.165) is 71.5 Å². The average molecular weight is 738 g/mol. The normalized spacial score (nSPS) is 22.4. The summed E-state index contributed by atoms with van der Waals surface area (Å²) in [6.45, 7) is 5.39. The summed E-state index contributed by atoms with van der Waals surface area (Å²) in [5.74, 6) is -0.00463. The van der Waals surface area contributed by atoms with Crippen LogP contribution in [0.15, 0.2) is 128 Å². The maximum Gasteiger partial charge on any atom is 0.253 e. The Morgan fingerprint density at radius 1 is 0.873 bits per heavy atom. The van der Waals surface area contributed by atoms with Gasteiger partial charge in [-0.05, 0) is 71.0 Å². The molecule has 3 saturated heterocycles. The first-order valence-corrected chi connectivity index (χ1v) is 19.1. The molecule has 282 valence electrons. The molecule has 3 fully saturated rings. The molecule has 3 aliphatic rings. The number of aromatic nitrogens is 1. The number of nitrogens with one attached hydrogen (secondary N) is 2. The van der Waals surface area contributed by atoms with Gasteiger partial charge in [0.05, 0.1) is 31.0 Å². The van der Waals surface area contributed by atoms with Gasteiger partial charge in [-0.3, -0.25) is 14.6 Å². The minimum atomic E-state index is -0.586. The van der Waals surface area contributed by atoms with Crippen molar-refractivity contribution in [2.24, 2.45) is 5.92 Å². The smallest absolute Gasteiger partial charge is 0.253 e. The van der Waals surface area contributed by atoms with E-state index in [1.54, 1.807) is 24.5 Å². The molecule has 2 amide bonds. The quantitative estimate of drug-likeness (QED) is 0.151. The van der Waals surface area contributed by atoms with Crippen LogP contribution in [-0.2, 0) is 27.4 Å². The Balaban J connectivity index is 0.974. The number of benzene rings is 4. The molecule has 4 aromatic carbocycles. The van der Waals surface area contributed by atoms with Crippen molar-refractivity contribution in [2.75, 3.05) is 31.2 Å². The molecule has 3 N–H and O–H groups in total. The number of amides is 2. The van der Waals surface area contributed by atoms with Crippen molar-refractivity contribution in [3.63, 3.8) is 0 Å². The Hall–Kier alpha value is -5.39. The first kappa shape index (κ1) is 36.6. The molecule has 0 aliphatic carbocycles. The van der Waals surface area contributed by atoms with Crippen molar-refractivity contribution in [3.05, 3.63) is 155 Å². The van der Waals surface area contributed by atoms with E-state index in [4.69, 9.17) is 9.47 Å². The van der Waals surface area contributed by atoms with Crippen LogP contribution in [0.2, 0.25) is 0 Å². The summed E-state index contributed by atoms with van der Waals surface area (Å²) in [5.41, 5.74) is 6.96. The van der Waals surface area contributed by atoms with Crippen LogP contribution in [0, 0.1) is 5.92 Å². The number of rotatable bonds is 10. The SMILES string of the molecule is CC1C(CN2CCC3(CC2)C(=O)NCN3c2ccccc2)OC(c2ccc(-c3cccc(CNC(=O)c4cccnc4)c3)cc2)OC1c1ccc(CO)cc1. The van der Waals surface area contributed by atoms with Gasteiger partial charge in [-0.2, -0.15) is 0 Å². The predicted molar refractivity (Wildman–Crippen MR) is 211 cm³/mol.